The molecule has 0 bridgehead atoms. The number of nitrogens with two attached hydrogens (primary N) is 1. The van der Waals surface area contributed by atoms with Crippen molar-refractivity contribution in [1.29, 1.82) is 0 Å². The van der Waals surface area contributed by atoms with Gasteiger partial charge in [0.15, 0.2) is 0 Å². The van der Waals surface area contributed by atoms with Crippen LogP contribution >= 0.6 is 0 Å². The van der Waals surface area contributed by atoms with Gasteiger partial charge in [-0.2, -0.15) is 13.2 Å². The number of halogens is 3. The van der Waals surface area contributed by atoms with E-state index in [2.05, 4.69) is 5.32 Å². The Bertz CT molecular complexity index is 431. The van der Waals surface area contributed by atoms with Crippen molar-refractivity contribution in [3.63, 3.8) is 0 Å². The fraction of sp³-hybridized carbons (Fsp3) is 0.500. The summed E-state index contributed by atoms with van der Waals surface area (Å²) in [6.07, 6.45) is -4.69. The molecule has 1 aliphatic rings. The lowest BCUT2D eigenvalue weighted by molar-refractivity contribution is -0.137. The van der Waals surface area contributed by atoms with Crippen molar-refractivity contribution >= 4 is 11.4 Å². The predicted molar refractivity (Wildman–Crippen MR) is 64.9 cm³/mol. The number of nitrogen functional groups attached to an aromatic ring is 1. The Labute approximate surface area is 108 Å². The first-order chi connectivity index (χ1) is 8.97. The van der Waals surface area contributed by atoms with Crippen LogP contribution in [-0.4, -0.2) is 32.5 Å². The lowest BCUT2D eigenvalue weighted by Gasteiger charge is -2.24. The summed E-state index contributed by atoms with van der Waals surface area (Å²) >= 11 is 0. The van der Waals surface area contributed by atoms with Crippen molar-refractivity contribution in [2.45, 2.75) is 12.3 Å². The standard InChI is InChI=1S/C12H15F3N2O2/c13-12(14,15)10-5-8(16)1-2-11(10)17-6-9-7-18-3-4-19-9/h1-2,5,9,17H,3-4,6-7,16H2. The molecule has 1 saturated heterocycles. The number of hydrogen-bond donors (Lipinski definition) is 2. The number of benzene rings is 1. The molecule has 0 aliphatic carbocycles. The van der Waals surface area contributed by atoms with Gasteiger partial charge in [-0.1, -0.05) is 0 Å². The van der Waals surface area contributed by atoms with Gasteiger partial charge in [-0.25, -0.2) is 0 Å². The van der Waals surface area contributed by atoms with Crippen molar-refractivity contribution in [3.8, 4) is 0 Å². The molecule has 7 heteroatoms. The van der Waals surface area contributed by atoms with Gasteiger partial charge in [0.1, 0.15) is 0 Å². The quantitative estimate of drug-likeness (QED) is 0.830. The fourth-order valence-corrected chi connectivity index (χ4v) is 1.83. The molecule has 1 aromatic carbocycles. The summed E-state index contributed by atoms with van der Waals surface area (Å²) in [5, 5.41) is 2.74. The second-order valence-corrected chi connectivity index (χ2v) is 4.25. The molecule has 1 atom stereocenters. The highest BCUT2D eigenvalue weighted by Crippen LogP contribution is 2.36. The first kappa shape index (κ1) is 14.0. The SMILES string of the molecule is Nc1ccc(NCC2COCCO2)c(C(F)(F)F)c1. The van der Waals surface area contributed by atoms with E-state index in [-0.39, 0.29) is 24.0 Å². The molecule has 1 heterocycles. The number of alkyl halides is 3. The van der Waals surface area contributed by atoms with Crippen molar-refractivity contribution in [3.05, 3.63) is 23.8 Å². The topological polar surface area (TPSA) is 56.5 Å². The Morgan fingerprint density at radius 3 is 2.74 bits per heavy atom. The van der Waals surface area contributed by atoms with Gasteiger partial charge in [-0.15, -0.1) is 0 Å². The van der Waals surface area contributed by atoms with E-state index in [1.165, 1.54) is 12.1 Å². The molecule has 3 N–H and O–H groups in total. The minimum absolute atomic E-state index is 0.00382. The van der Waals surface area contributed by atoms with Gasteiger partial charge < -0.3 is 20.5 Å². The predicted octanol–water partition coefficient (Wildman–Crippen LogP) is 2.11. The summed E-state index contributed by atoms with van der Waals surface area (Å²) in [7, 11) is 0. The highest BCUT2D eigenvalue weighted by atomic mass is 19.4. The van der Waals surface area contributed by atoms with Crippen molar-refractivity contribution in [1.82, 2.24) is 0 Å². The zero-order valence-corrected chi connectivity index (χ0v) is 10.2. The van der Waals surface area contributed by atoms with Gasteiger partial charge in [0.05, 0.1) is 31.5 Å². The maximum atomic E-state index is 12.8. The molecular weight excluding hydrogens is 261 g/mol. The monoisotopic (exact) mass is 276 g/mol. The normalized spacial score (nSPS) is 20.3. The number of nitrogens with one attached hydrogen (secondary N) is 1. The lowest BCUT2D eigenvalue weighted by atomic mass is 10.1. The molecule has 0 saturated carbocycles. The molecule has 2 rings (SSSR count). The van der Waals surface area contributed by atoms with E-state index < -0.39 is 11.7 Å². The van der Waals surface area contributed by atoms with Crippen LogP contribution in [0.5, 0.6) is 0 Å². The van der Waals surface area contributed by atoms with Crippen LogP contribution in [0, 0.1) is 0 Å². The smallest absolute Gasteiger partial charge is 0.399 e. The third-order valence-corrected chi connectivity index (χ3v) is 2.75. The van der Waals surface area contributed by atoms with Gasteiger partial charge >= 0.3 is 6.18 Å². The zero-order chi connectivity index (χ0) is 13.9. The van der Waals surface area contributed by atoms with Crippen LogP contribution in [0.4, 0.5) is 24.5 Å². The molecule has 0 radical (unpaired) electrons. The maximum absolute atomic E-state index is 12.8. The largest absolute Gasteiger partial charge is 0.418 e. The van der Waals surface area contributed by atoms with Crippen LogP contribution in [0.3, 0.4) is 0 Å². The molecule has 1 aromatic rings. The Kier molecular flexibility index (Phi) is 4.16. The Balaban J connectivity index is 2.06. The van der Waals surface area contributed by atoms with Crippen LogP contribution in [0.15, 0.2) is 18.2 Å². The van der Waals surface area contributed by atoms with Crippen LogP contribution in [0.2, 0.25) is 0 Å². The van der Waals surface area contributed by atoms with E-state index in [0.717, 1.165) is 6.07 Å². The van der Waals surface area contributed by atoms with Crippen molar-refractivity contribution < 1.29 is 22.6 Å². The molecule has 0 amide bonds. The van der Waals surface area contributed by atoms with Crippen molar-refractivity contribution in [2.75, 3.05) is 37.4 Å². The first-order valence-electron chi connectivity index (χ1n) is 5.87. The number of ether oxygens (including phenoxy) is 2. The first-order valence-corrected chi connectivity index (χ1v) is 5.87. The van der Waals surface area contributed by atoms with E-state index in [0.29, 0.717) is 19.8 Å². The molecule has 0 spiro atoms. The average molecular weight is 276 g/mol. The second-order valence-electron chi connectivity index (χ2n) is 4.25. The van der Waals surface area contributed by atoms with Crippen molar-refractivity contribution in [2.24, 2.45) is 0 Å². The maximum Gasteiger partial charge on any atom is 0.418 e. The van der Waals surface area contributed by atoms with Gasteiger partial charge in [-0.3, -0.25) is 0 Å². The van der Waals surface area contributed by atoms with Crippen LogP contribution in [0.25, 0.3) is 0 Å². The highest BCUT2D eigenvalue weighted by molar-refractivity contribution is 5.59. The van der Waals surface area contributed by atoms with E-state index in [1.54, 1.807) is 0 Å². The van der Waals surface area contributed by atoms with Gasteiger partial charge in [-0.05, 0) is 18.2 Å². The van der Waals surface area contributed by atoms with Crippen LogP contribution < -0.4 is 11.1 Å². The Morgan fingerprint density at radius 1 is 1.32 bits per heavy atom. The summed E-state index contributed by atoms with van der Waals surface area (Å²) in [5.74, 6) is 0. The van der Waals surface area contributed by atoms with Crippen LogP contribution in [0.1, 0.15) is 5.56 Å². The Hall–Kier alpha value is -1.47. The zero-order valence-electron chi connectivity index (χ0n) is 10.2. The summed E-state index contributed by atoms with van der Waals surface area (Å²) in [5.41, 5.74) is 4.69. The van der Waals surface area contributed by atoms with Gasteiger partial charge in [0, 0.05) is 17.9 Å². The molecule has 106 valence electrons. The third-order valence-electron chi connectivity index (χ3n) is 2.75. The highest BCUT2D eigenvalue weighted by Gasteiger charge is 2.33. The van der Waals surface area contributed by atoms with E-state index in [9.17, 15) is 13.2 Å². The van der Waals surface area contributed by atoms with E-state index >= 15 is 0 Å². The summed E-state index contributed by atoms with van der Waals surface area (Å²) in [4.78, 5) is 0. The molecule has 4 nitrogen and oxygen atoms in total. The number of hydrogen-bond acceptors (Lipinski definition) is 4. The average Bonchev–Trinajstić information content (AvgIpc) is 2.37. The summed E-state index contributed by atoms with van der Waals surface area (Å²) in [6.45, 7) is 1.61. The van der Waals surface area contributed by atoms with Crippen LogP contribution in [-0.2, 0) is 15.7 Å². The number of anilines is 2. The fourth-order valence-electron chi connectivity index (χ4n) is 1.83. The molecule has 1 aliphatic heterocycles. The van der Waals surface area contributed by atoms with Gasteiger partial charge in [0.25, 0.3) is 0 Å². The number of rotatable bonds is 3. The summed E-state index contributed by atoms with van der Waals surface area (Å²) in [6, 6.07) is 3.66. The lowest BCUT2D eigenvalue weighted by Crippen LogP contribution is -2.34. The molecule has 1 unspecified atom stereocenters. The third kappa shape index (κ3) is 3.74. The van der Waals surface area contributed by atoms with E-state index in [4.69, 9.17) is 15.2 Å². The van der Waals surface area contributed by atoms with E-state index in [1.807, 2.05) is 0 Å². The molecule has 19 heavy (non-hydrogen) atoms. The Morgan fingerprint density at radius 2 is 2.11 bits per heavy atom. The van der Waals surface area contributed by atoms with Gasteiger partial charge in [0.2, 0.25) is 0 Å². The molecular formula is C12H15F3N2O2. The minimum atomic E-state index is -4.44. The molecule has 0 aromatic heterocycles. The molecule has 1 fully saturated rings. The second kappa shape index (κ2) is 5.66. The minimum Gasteiger partial charge on any atom is -0.399 e. The summed E-state index contributed by atoms with van der Waals surface area (Å²) < 4.78 is 49.1.